The first-order valence-corrected chi connectivity index (χ1v) is 13.9. The van der Waals surface area contributed by atoms with Crippen molar-refractivity contribution < 1.29 is 22.4 Å². The minimum Gasteiger partial charge on any atom is -0.371 e. The molecule has 12 heteroatoms. The van der Waals surface area contributed by atoms with E-state index in [1.165, 1.54) is 23.2 Å². The maximum Gasteiger partial charge on any atom is 0.254 e. The Morgan fingerprint density at radius 3 is 2.44 bits per heavy atom. The molecule has 2 aromatic rings. The number of hydrogen-bond donors (Lipinski definition) is 1. The van der Waals surface area contributed by atoms with Crippen LogP contribution in [0.4, 0.5) is 15.9 Å². The molecule has 1 aromatic carbocycles. The second-order valence-corrected chi connectivity index (χ2v) is 11.8. The number of nitrogens with zero attached hydrogens (tertiary/aromatic N) is 4. The summed E-state index contributed by atoms with van der Waals surface area (Å²) in [6.45, 7) is 1.87. The molecule has 0 saturated carbocycles. The van der Waals surface area contributed by atoms with Crippen LogP contribution in [0.3, 0.4) is 0 Å². The van der Waals surface area contributed by atoms with Gasteiger partial charge in [-0.05, 0) is 43.5 Å². The highest BCUT2D eigenvalue weighted by atomic mass is 35.5. The number of halogens is 2. The van der Waals surface area contributed by atoms with E-state index in [-0.39, 0.29) is 28.4 Å². The summed E-state index contributed by atoms with van der Waals surface area (Å²) in [5, 5.41) is 3.35. The number of hydrogen-bond acceptors (Lipinski definition) is 7. The van der Waals surface area contributed by atoms with Crippen molar-refractivity contribution in [3.8, 4) is 0 Å². The van der Waals surface area contributed by atoms with Gasteiger partial charge in [0.2, 0.25) is 5.91 Å². The summed E-state index contributed by atoms with van der Waals surface area (Å²) in [5.74, 6) is -0.356. The number of carbonyl (C=O) groups is 2. The number of rotatable bonds is 6. The van der Waals surface area contributed by atoms with E-state index >= 15 is 0 Å². The van der Waals surface area contributed by atoms with E-state index in [0.29, 0.717) is 42.5 Å². The zero-order chi connectivity index (χ0) is 26.2. The van der Waals surface area contributed by atoms with Crippen LogP contribution in [0.5, 0.6) is 0 Å². The number of aromatic nitrogens is 1. The minimum absolute atomic E-state index is 0.0476. The lowest BCUT2D eigenvalue weighted by atomic mass is 10.0. The van der Waals surface area contributed by atoms with Crippen LogP contribution in [-0.4, -0.2) is 87.1 Å². The van der Waals surface area contributed by atoms with Crippen LogP contribution in [0.1, 0.15) is 29.6 Å². The molecule has 0 radical (unpaired) electrons. The van der Waals surface area contributed by atoms with Crippen LogP contribution in [0, 0.1) is 5.82 Å². The molecule has 2 fully saturated rings. The Balaban J connectivity index is 1.36. The predicted molar refractivity (Wildman–Crippen MR) is 136 cm³/mol. The van der Waals surface area contributed by atoms with E-state index < -0.39 is 21.7 Å². The number of nitrogens with one attached hydrogen (secondary N) is 1. The summed E-state index contributed by atoms with van der Waals surface area (Å²) in [4.78, 5) is 34.9. The molecule has 2 saturated heterocycles. The van der Waals surface area contributed by atoms with Crippen LogP contribution < -0.4 is 10.2 Å². The second kappa shape index (κ2) is 10.2. The van der Waals surface area contributed by atoms with Crippen molar-refractivity contribution >= 4 is 44.8 Å². The molecule has 36 heavy (non-hydrogen) atoms. The first kappa shape index (κ1) is 26.2. The van der Waals surface area contributed by atoms with Gasteiger partial charge in [0.05, 0.1) is 21.2 Å². The number of pyridine rings is 1. The molecule has 2 aliphatic heterocycles. The molecule has 1 N–H and O–H groups in total. The van der Waals surface area contributed by atoms with Gasteiger partial charge < -0.3 is 20.0 Å². The normalized spacial score (nSPS) is 19.0. The van der Waals surface area contributed by atoms with Crippen molar-refractivity contribution in [2.45, 2.75) is 36.2 Å². The zero-order valence-electron chi connectivity index (χ0n) is 20.4. The van der Waals surface area contributed by atoms with Gasteiger partial charge in [0.1, 0.15) is 17.7 Å². The molecule has 9 nitrogen and oxygen atoms in total. The van der Waals surface area contributed by atoms with Gasteiger partial charge in [0.25, 0.3) is 5.91 Å². The number of amides is 2. The van der Waals surface area contributed by atoms with E-state index in [9.17, 15) is 22.4 Å². The second-order valence-electron chi connectivity index (χ2n) is 9.38. The minimum atomic E-state index is -3.52. The molecule has 0 aliphatic carbocycles. The molecule has 2 aliphatic rings. The Morgan fingerprint density at radius 1 is 1.17 bits per heavy atom. The third-order valence-corrected chi connectivity index (χ3v) is 8.01. The maximum atomic E-state index is 14.5. The first-order valence-electron chi connectivity index (χ1n) is 11.6. The number of benzene rings is 1. The van der Waals surface area contributed by atoms with Gasteiger partial charge in [-0.1, -0.05) is 11.6 Å². The fourth-order valence-corrected chi connectivity index (χ4v) is 5.58. The van der Waals surface area contributed by atoms with Crippen molar-refractivity contribution in [2.75, 3.05) is 50.2 Å². The Kier molecular flexibility index (Phi) is 7.42. The summed E-state index contributed by atoms with van der Waals surface area (Å²) in [6.07, 6.45) is 4.53. The molecule has 1 atom stereocenters. The van der Waals surface area contributed by atoms with Crippen LogP contribution >= 0.6 is 11.6 Å². The zero-order valence-corrected chi connectivity index (χ0v) is 21.9. The van der Waals surface area contributed by atoms with Crippen molar-refractivity contribution in [2.24, 2.45) is 0 Å². The predicted octanol–water partition coefficient (Wildman–Crippen LogP) is 2.66. The number of sulfone groups is 1. The fourth-order valence-electron chi connectivity index (χ4n) is 4.66. The average Bonchev–Trinajstić information content (AvgIpc) is 3.19. The van der Waals surface area contributed by atoms with Gasteiger partial charge in [0.15, 0.2) is 9.84 Å². The van der Waals surface area contributed by atoms with E-state index in [1.807, 2.05) is 4.90 Å². The summed E-state index contributed by atoms with van der Waals surface area (Å²) < 4.78 is 37.7. The molecular weight excluding hydrogens is 509 g/mol. The van der Waals surface area contributed by atoms with Gasteiger partial charge in [-0.3, -0.25) is 9.59 Å². The van der Waals surface area contributed by atoms with Gasteiger partial charge in [0, 0.05) is 52.2 Å². The van der Waals surface area contributed by atoms with Gasteiger partial charge >= 0.3 is 0 Å². The summed E-state index contributed by atoms with van der Waals surface area (Å²) >= 11 is 6.43. The Bertz CT molecular complexity index is 1280. The van der Waals surface area contributed by atoms with Gasteiger partial charge in [-0.15, -0.1) is 0 Å². The van der Waals surface area contributed by atoms with Crippen LogP contribution in [-0.2, 0) is 14.6 Å². The lowest BCUT2D eigenvalue weighted by Gasteiger charge is -2.37. The number of anilines is 2. The van der Waals surface area contributed by atoms with Gasteiger partial charge in [-0.25, -0.2) is 17.8 Å². The molecule has 1 aromatic heterocycles. The Morgan fingerprint density at radius 2 is 1.86 bits per heavy atom. The first-order chi connectivity index (χ1) is 17.0. The highest BCUT2D eigenvalue weighted by molar-refractivity contribution is 7.90. The third-order valence-electron chi connectivity index (χ3n) is 6.62. The van der Waals surface area contributed by atoms with E-state index in [4.69, 9.17) is 11.6 Å². The number of likely N-dealkylation sites (tertiary alicyclic amines) is 1. The Hall–Kier alpha value is -2.92. The van der Waals surface area contributed by atoms with E-state index in [0.717, 1.165) is 25.2 Å². The monoisotopic (exact) mass is 537 g/mol. The lowest BCUT2D eigenvalue weighted by molar-refractivity contribution is -0.130. The topological polar surface area (TPSA) is 103 Å². The van der Waals surface area contributed by atoms with Crippen LogP contribution in [0.2, 0.25) is 5.02 Å². The molecule has 0 bridgehead atoms. The lowest BCUT2D eigenvalue weighted by Crippen LogP contribution is -2.47. The molecule has 3 heterocycles. The molecule has 194 valence electrons. The van der Waals surface area contributed by atoms with Crippen LogP contribution in [0.25, 0.3) is 0 Å². The van der Waals surface area contributed by atoms with Crippen molar-refractivity contribution in [1.82, 2.24) is 14.8 Å². The van der Waals surface area contributed by atoms with Crippen molar-refractivity contribution in [3.63, 3.8) is 0 Å². The van der Waals surface area contributed by atoms with E-state index in [1.54, 1.807) is 20.2 Å². The summed E-state index contributed by atoms with van der Waals surface area (Å²) in [5.41, 5.74) is 0.529. The highest BCUT2D eigenvalue weighted by Crippen LogP contribution is 2.30. The quantitative estimate of drug-likeness (QED) is 0.604. The molecule has 0 spiro atoms. The van der Waals surface area contributed by atoms with Crippen LogP contribution in [0.15, 0.2) is 35.4 Å². The smallest absolute Gasteiger partial charge is 0.254 e. The average molecular weight is 538 g/mol. The van der Waals surface area contributed by atoms with Crippen molar-refractivity contribution in [1.29, 1.82) is 0 Å². The molecular formula is C24H29ClFN5O4S. The largest absolute Gasteiger partial charge is 0.371 e. The molecule has 1 unspecified atom stereocenters. The third kappa shape index (κ3) is 5.41. The Labute approximate surface area is 215 Å². The van der Waals surface area contributed by atoms with E-state index in [2.05, 4.69) is 15.2 Å². The highest BCUT2D eigenvalue weighted by Gasteiger charge is 2.37. The number of piperidine rings is 1. The molecule has 4 rings (SSSR count). The summed E-state index contributed by atoms with van der Waals surface area (Å²) in [6, 6.07) is 4.75. The van der Waals surface area contributed by atoms with Crippen molar-refractivity contribution in [3.05, 3.63) is 46.9 Å². The SMILES string of the molecule is CN(C)C(=O)c1cnc(N2CCC(N3CCC(Nc4ccc(S(C)(=O)=O)cc4F)C3=O)CC2)c(Cl)c1. The summed E-state index contributed by atoms with van der Waals surface area (Å²) in [7, 11) is -0.184. The fraction of sp³-hybridized carbons (Fsp3) is 0.458. The maximum absolute atomic E-state index is 14.5. The van der Waals surface area contributed by atoms with Gasteiger partial charge in [-0.2, -0.15) is 0 Å². The number of carbonyl (C=O) groups excluding carboxylic acids is 2. The molecule has 2 amide bonds. The standard InChI is InChI=1S/C24H29ClFN5O4S/c1-29(2)23(32)15-12-18(25)22(27-14-15)30-9-6-16(7-10-30)31-11-8-21(24(31)33)28-20-5-4-17(13-19(20)26)36(3,34)35/h4-5,12-14,16,21,28H,6-11H2,1-3H3.